The topological polar surface area (TPSA) is 66.4 Å². The van der Waals surface area contributed by atoms with Gasteiger partial charge in [0, 0.05) is 4.90 Å². The number of rotatable bonds is 2. The summed E-state index contributed by atoms with van der Waals surface area (Å²) < 4.78 is 25.9. The van der Waals surface area contributed by atoms with Crippen LogP contribution in [-0.4, -0.2) is 21.8 Å². The van der Waals surface area contributed by atoms with Gasteiger partial charge < -0.3 is 9.29 Å². The molecule has 0 spiro atoms. The van der Waals surface area contributed by atoms with E-state index in [0.29, 0.717) is 5.56 Å². The van der Waals surface area contributed by atoms with Gasteiger partial charge in [0.1, 0.15) is 0 Å². The number of carbonyl (C=O) groups is 1. The minimum atomic E-state index is -2.33. The predicted octanol–water partition coefficient (Wildman–Crippen LogP) is 1.02. The molecule has 0 saturated heterocycles. The Morgan fingerprint density at radius 1 is 1.50 bits per heavy atom. The normalized spacial score (nSPS) is 12.2. The number of hydrogen-bond acceptors (Lipinski definition) is 4. The van der Waals surface area contributed by atoms with E-state index in [0.717, 1.165) is 0 Å². The van der Waals surface area contributed by atoms with Crippen LogP contribution in [0.25, 0.3) is 0 Å². The van der Waals surface area contributed by atoms with E-state index >= 15 is 0 Å². The lowest BCUT2D eigenvalue weighted by Crippen LogP contribution is -2.03. The van der Waals surface area contributed by atoms with E-state index in [2.05, 4.69) is 4.74 Å². The van der Waals surface area contributed by atoms with E-state index < -0.39 is 17.0 Å². The minimum Gasteiger partial charge on any atom is -0.768 e. The van der Waals surface area contributed by atoms with Crippen molar-refractivity contribution in [3.63, 3.8) is 0 Å². The monoisotopic (exact) mass is 213 g/mol. The van der Waals surface area contributed by atoms with E-state index in [-0.39, 0.29) is 10.5 Å². The molecule has 0 saturated carbocycles. The highest BCUT2D eigenvalue weighted by atomic mass is 32.2. The van der Waals surface area contributed by atoms with E-state index in [1.807, 2.05) is 0 Å². The maximum Gasteiger partial charge on any atom is 0.337 e. The Hall–Kier alpha value is -1.20. The second-order valence-electron chi connectivity index (χ2n) is 2.71. The van der Waals surface area contributed by atoms with Gasteiger partial charge >= 0.3 is 5.97 Å². The molecule has 0 N–H and O–H groups in total. The highest BCUT2D eigenvalue weighted by Crippen LogP contribution is 2.14. The van der Waals surface area contributed by atoms with Gasteiger partial charge in [0.2, 0.25) is 0 Å². The summed E-state index contributed by atoms with van der Waals surface area (Å²) in [6.07, 6.45) is 0. The van der Waals surface area contributed by atoms with Gasteiger partial charge in [-0.05, 0) is 35.7 Å². The first-order valence-electron chi connectivity index (χ1n) is 3.84. The maximum absolute atomic E-state index is 11.1. The zero-order valence-electron chi connectivity index (χ0n) is 7.77. The number of benzene rings is 1. The number of aryl methyl sites for hydroxylation is 1. The Bertz CT molecular complexity index is 386. The minimum absolute atomic E-state index is 0.118. The Kier molecular flexibility index (Phi) is 3.38. The van der Waals surface area contributed by atoms with Gasteiger partial charge in [0.05, 0.1) is 12.7 Å². The van der Waals surface area contributed by atoms with Gasteiger partial charge in [-0.2, -0.15) is 0 Å². The Morgan fingerprint density at radius 2 is 2.14 bits per heavy atom. The van der Waals surface area contributed by atoms with Crippen LogP contribution in [0, 0.1) is 6.92 Å². The molecule has 0 radical (unpaired) electrons. The molecule has 4 nitrogen and oxygen atoms in total. The lowest BCUT2D eigenvalue weighted by atomic mass is 10.1. The van der Waals surface area contributed by atoms with Gasteiger partial charge in [-0.25, -0.2) is 4.79 Å². The molecule has 1 rings (SSSR count). The third-order valence-electron chi connectivity index (χ3n) is 1.79. The lowest BCUT2D eigenvalue weighted by molar-refractivity contribution is 0.0600. The first kappa shape index (κ1) is 10.9. The zero-order valence-corrected chi connectivity index (χ0v) is 8.59. The highest BCUT2D eigenvalue weighted by molar-refractivity contribution is 7.79. The third-order valence-corrected chi connectivity index (χ3v) is 2.59. The standard InChI is InChI=1S/C9H10O4S/c1-6-3-4-7(9(10)13-2)5-8(6)14(11)12/h3-5H,1-2H3,(H,11,12)/p-1. The van der Waals surface area contributed by atoms with E-state index in [1.165, 1.54) is 19.2 Å². The summed E-state index contributed by atoms with van der Waals surface area (Å²) >= 11 is -2.33. The van der Waals surface area contributed by atoms with Gasteiger partial charge in [-0.3, -0.25) is 4.21 Å². The van der Waals surface area contributed by atoms with Crippen molar-refractivity contribution >= 4 is 17.0 Å². The van der Waals surface area contributed by atoms with Crippen LogP contribution >= 0.6 is 0 Å². The SMILES string of the molecule is COC(=O)c1ccc(C)c(S(=O)[O-])c1. The molecule has 14 heavy (non-hydrogen) atoms. The molecule has 0 fully saturated rings. The molecule has 5 heteroatoms. The number of carbonyl (C=O) groups excluding carboxylic acids is 1. The second-order valence-corrected chi connectivity index (χ2v) is 3.62. The number of esters is 1. The van der Waals surface area contributed by atoms with Gasteiger partial charge in [0.25, 0.3) is 0 Å². The van der Waals surface area contributed by atoms with Crippen molar-refractivity contribution in [2.45, 2.75) is 11.8 Å². The highest BCUT2D eigenvalue weighted by Gasteiger charge is 2.07. The van der Waals surface area contributed by atoms with Crippen LogP contribution in [0.2, 0.25) is 0 Å². The van der Waals surface area contributed by atoms with Crippen LogP contribution in [0.15, 0.2) is 23.1 Å². The van der Waals surface area contributed by atoms with E-state index in [1.54, 1.807) is 13.0 Å². The molecule has 1 aromatic carbocycles. The Labute approximate surface area is 84.2 Å². The molecule has 0 bridgehead atoms. The molecule has 0 heterocycles. The first-order chi connectivity index (χ1) is 6.56. The average Bonchev–Trinajstić information content (AvgIpc) is 2.17. The summed E-state index contributed by atoms with van der Waals surface area (Å²) in [5.74, 6) is -0.545. The lowest BCUT2D eigenvalue weighted by Gasteiger charge is -2.09. The predicted molar refractivity (Wildman–Crippen MR) is 49.7 cm³/mol. The van der Waals surface area contributed by atoms with Crippen molar-refractivity contribution in [1.82, 2.24) is 0 Å². The molecule has 1 atom stereocenters. The second kappa shape index (κ2) is 4.34. The van der Waals surface area contributed by atoms with Crippen molar-refractivity contribution in [2.75, 3.05) is 7.11 Å². The smallest absolute Gasteiger partial charge is 0.337 e. The molecule has 76 valence electrons. The molecule has 1 aromatic rings. The van der Waals surface area contributed by atoms with Crippen molar-refractivity contribution in [1.29, 1.82) is 0 Å². The Morgan fingerprint density at radius 3 is 2.64 bits per heavy atom. The molecule has 0 aromatic heterocycles. The molecular formula is C9H9O4S-. The summed E-state index contributed by atoms with van der Waals surface area (Å²) in [4.78, 5) is 11.2. The fraction of sp³-hybridized carbons (Fsp3) is 0.222. The summed E-state index contributed by atoms with van der Waals surface area (Å²) in [7, 11) is 1.25. The zero-order chi connectivity index (χ0) is 10.7. The van der Waals surface area contributed by atoms with Crippen LogP contribution in [0.4, 0.5) is 0 Å². The summed E-state index contributed by atoms with van der Waals surface area (Å²) in [6.45, 7) is 1.66. The van der Waals surface area contributed by atoms with Crippen molar-refractivity contribution < 1.29 is 18.3 Å². The van der Waals surface area contributed by atoms with Crippen LogP contribution in [0.3, 0.4) is 0 Å². The first-order valence-corrected chi connectivity index (χ1v) is 4.92. The molecule has 0 aliphatic carbocycles. The molecule has 1 unspecified atom stereocenters. The van der Waals surface area contributed by atoms with E-state index in [9.17, 15) is 13.6 Å². The molecular weight excluding hydrogens is 204 g/mol. The van der Waals surface area contributed by atoms with Crippen LogP contribution in [-0.2, 0) is 15.8 Å². The van der Waals surface area contributed by atoms with Gasteiger partial charge in [0.15, 0.2) is 0 Å². The molecule has 0 aliphatic heterocycles. The number of ether oxygens (including phenoxy) is 1. The van der Waals surface area contributed by atoms with Gasteiger partial charge in [-0.1, -0.05) is 6.07 Å². The quantitative estimate of drug-likeness (QED) is 0.543. The van der Waals surface area contributed by atoms with Crippen LogP contribution in [0.1, 0.15) is 15.9 Å². The van der Waals surface area contributed by atoms with Crippen molar-refractivity contribution in [3.8, 4) is 0 Å². The third kappa shape index (κ3) is 2.18. The molecule has 0 aliphatic rings. The van der Waals surface area contributed by atoms with Crippen molar-refractivity contribution in [3.05, 3.63) is 29.3 Å². The largest absolute Gasteiger partial charge is 0.768 e. The average molecular weight is 213 g/mol. The Balaban J connectivity index is 3.19. The summed E-state index contributed by atoms with van der Waals surface area (Å²) in [5, 5.41) is 0. The van der Waals surface area contributed by atoms with Crippen LogP contribution < -0.4 is 0 Å². The number of methoxy groups -OCH3 is 1. The summed E-state index contributed by atoms with van der Waals surface area (Å²) in [6, 6.07) is 4.39. The van der Waals surface area contributed by atoms with Gasteiger partial charge in [-0.15, -0.1) is 0 Å². The fourth-order valence-electron chi connectivity index (χ4n) is 1.02. The van der Waals surface area contributed by atoms with Crippen LogP contribution in [0.5, 0.6) is 0 Å². The maximum atomic E-state index is 11.1. The molecule has 0 amide bonds. The fourth-order valence-corrected chi connectivity index (χ4v) is 1.58. The van der Waals surface area contributed by atoms with E-state index in [4.69, 9.17) is 0 Å². The van der Waals surface area contributed by atoms with Crippen molar-refractivity contribution in [2.24, 2.45) is 0 Å². The number of hydrogen-bond donors (Lipinski definition) is 0. The summed E-state index contributed by atoms with van der Waals surface area (Å²) in [5.41, 5.74) is 0.836.